The molecular weight excluding hydrogens is 421 g/mol. The SMILES string of the molecule is CC(C)OC(=O)c1cccnc1N1CCN(Cc2ccc(F)c(Oc3ccccc3)c2)CC1. The van der Waals surface area contributed by atoms with Gasteiger partial charge in [0.15, 0.2) is 11.6 Å². The number of rotatable bonds is 7. The van der Waals surface area contributed by atoms with Gasteiger partial charge in [-0.3, -0.25) is 4.90 Å². The van der Waals surface area contributed by atoms with E-state index in [2.05, 4.69) is 14.8 Å². The maximum atomic E-state index is 14.3. The molecule has 1 aliphatic heterocycles. The Labute approximate surface area is 193 Å². The molecule has 2 aromatic carbocycles. The molecule has 0 amide bonds. The first-order valence-electron chi connectivity index (χ1n) is 11.1. The third-order valence-electron chi connectivity index (χ3n) is 5.39. The quantitative estimate of drug-likeness (QED) is 0.478. The second-order valence-corrected chi connectivity index (χ2v) is 8.27. The van der Waals surface area contributed by atoms with Gasteiger partial charge in [-0.1, -0.05) is 24.3 Å². The zero-order chi connectivity index (χ0) is 23.2. The number of carbonyl (C=O) groups excluding carboxylic acids is 1. The number of pyridine rings is 1. The normalized spacial score (nSPS) is 14.4. The molecule has 33 heavy (non-hydrogen) atoms. The molecular formula is C26H28FN3O3. The summed E-state index contributed by atoms with van der Waals surface area (Å²) in [7, 11) is 0. The summed E-state index contributed by atoms with van der Waals surface area (Å²) in [4.78, 5) is 21.3. The van der Waals surface area contributed by atoms with Crippen LogP contribution in [-0.4, -0.2) is 48.1 Å². The van der Waals surface area contributed by atoms with Gasteiger partial charge in [-0.05, 0) is 55.8 Å². The zero-order valence-corrected chi connectivity index (χ0v) is 18.9. The molecule has 0 saturated carbocycles. The molecule has 0 N–H and O–H groups in total. The molecule has 0 radical (unpaired) electrons. The summed E-state index contributed by atoms with van der Waals surface area (Å²) in [6.07, 6.45) is 1.51. The molecule has 1 aliphatic rings. The fourth-order valence-electron chi connectivity index (χ4n) is 3.80. The van der Waals surface area contributed by atoms with Crippen LogP contribution in [0.25, 0.3) is 0 Å². The summed E-state index contributed by atoms with van der Waals surface area (Å²) in [6, 6.07) is 17.7. The Morgan fingerprint density at radius 1 is 1.03 bits per heavy atom. The highest BCUT2D eigenvalue weighted by Gasteiger charge is 2.24. The Bertz CT molecular complexity index is 1080. The van der Waals surface area contributed by atoms with Crippen molar-refractivity contribution < 1.29 is 18.7 Å². The molecule has 0 bridgehead atoms. The molecule has 0 unspecified atom stereocenters. The smallest absolute Gasteiger partial charge is 0.342 e. The van der Waals surface area contributed by atoms with E-state index in [9.17, 15) is 9.18 Å². The number of anilines is 1. The van der Waals surface area contributed by atoms with Gasteiger partial charge in [0, 0.05) is 38.9 Å². The lowest BCUT2D eigenvalue weighted by atomic mass is 10.1. The van der Waals surface area contributed by atoms with Gasteiger partial charge < -0.3 is 14.4 Å². The van der Waals surface area contributed by atoms with E-state index >= 15 is 0 Å². The number of hydrogen-bond donors (Lipinski definition) is 0. The number of hydrogen-bond acceptors (Lipinski definition) is 6. The van der Waals surface area contributed by atoms with E-state index in [-0.39, 0.29) is 23.6 Å². The van der Waals surface area contributed by atoms with Crippen molar-refractivity contribution in [3.63, 3.8) is 0 Å². The summed E-state index contributed by atoms with van der Waals surface area (Å²) in [5.74, 6) is 0.739. The number of halogens is 1. The van der Waals surface area contributed by atoms with Crippen molar-refractivity contribution in [2.24, 2.45) is 0 Å². The van der Waals surface area contributed by atoms with Crippen molar-refractivity contribution in [3.8, 4) is 11.5 Å². The van der Waals surface area contributed by atoms with E-state index in [4.69, 9.17) is 9.47 Å². The van der Waals surface area contributed by atoms with E-state index in [1.165, 1.54) is 6.07 Å². The van der Waals surface area contributed by atoms with Gasteiger partial charge in [-0.2, -0.15) is 0 Å². The Morgan fingerprint density at radius 2 is 1.79 bits per heavy atom. The van der Waals surface area contributed by atoms with Crippen molar-refractivity contribution in [1.82, 2.24) is 9.88 Å². The van der Waals surface area contributed by atoms with Gasteiger partial charge in [0.1, 0.15) is 17.1 Å². The van der Waals surface area contributed by atoms with Crippen LogP contribution in [0.5, 0.6) is 11.5 Å². The lowest BCUT2D eigenvalue weighted by molar-refractivity contribution is 0.0378. The molecule has 4 rings (SSSR count). The fraction of sp³-hybridized carbons (Fsp3) is 0.308. The van der Waals surface area contributed by atoms with Gasteiger partial charge in [0.25, 0.3) is 0 Å². The Hall–Kier alpha value is -3.45. The number of para-hydroxylation sites is 1. The van der Waals surface area contributed by atoms with Crippen molar-refractivity contribution in [2.75, 3.05) is 31.1 Å². The second kappa shape index (κ2) is 10.4. The standard InChI is InChI=1S/C26H28FN3O3/c1-19(2)32-26(31)22-9-6-12-28-25(22)30-15-13-29(14-16-30)18-20-10-11-23(27)24(17-20)33-21-7-4-3-5-8-21/h3-12,17,19H,13-16,18H2,1-2H3. The number of ether oxygens (including phenoxy) is 2. The highest BCUT2D eigenvalue weighted by atomic mass is 19.1. The minimum Gasteiger partial charge on any atom is -0.459 e. The molecule has 1 saturated heterocycles. The van der Waals surface area contributed by atoms with Gasteiger partial charge in [-0.25, -0.2) is 14.2 Å². The largest absolute Gasteiger partial charge is 0.459 e. The summed E-state index contributed by atoms with van der Waals surface area (Å²) >= 11 is 0. The predicted octanol–water partition coefficient (Wildman–Crippen LogP) is 4.90. The molecule has 6 nitrogen and oxygen atoms in total. The average Bonchev–Trinajstić information content (AvgIpc) is 2.82. The van der Waals surface area contributed by atoms with Crippen LogP contribution in [0.2, 0.25) is 0 Å². The van der Waals surface area contributed by atoms with E-state index in [1.807, 2.05) is 32.0 Å². The molecule has 0 spiro atoms. The number of benzene rings is 2. The van der Waals surface area contributed by atoms with Gasteiger partial charge in [0.2, 0.25) is 0 Å². The van der Waals surface area contributed by atoms with Gasteiger partial charge >= 0.3 is 5.97 Å². The summed E-state index contributed by atoms with van der Waals surface area (Å²) in [5, 5.41) is 0. The van der Waals surface area contributed by atoms with Crippen molar-refractivity contribution in [2.45, 2.75) is 26.5 Å². The Kier molecular flexibility index (Phi) is 7.19. The first-order chi connectivity index (χ1) is 16.0. The Balaban J connectivity index is 1.39. The van der Waals surface area contributed by atoms with E-state index in [0.29, 0.717) is 23.7 Å². The lowest BCUT2D eigenvalue weighted by Gasteiger charge is -2.36. The molecule has 0 atom stereocenters. The highest BCUT2D eigenvalue weighted by Crippen LogP contribution is 2.26. The molecule has 172 valence electrons. The number of carbonyl (C=O) groups is 1. The highest BCUT2D eigenvalue weighted by molar-refractivity contribution is 5.94. The van der Waals surface area contributed by atoms with Crippen molar-refractivity contribution >= 4 is 11.8 Å². The summed E-state index contributed by atoms with van der Waals surface area (Å²) in [6.45, 7) is 7.39. The number of esters is 1. The van der Waals surface area contributed by atoms with Crippen LogP contribution in [0.15, 0.2) is 66.9 Å². The molecule has 1 aromatic heterocycles. The summed E-state index contributed by atoms with van der Waals surface area (Å²) in [5.41, 5.74) is 1.47. The van der Waals surface area contributed by atoms with Gasteiger partial charge in [0.05, 0.1) is 6.10 Å². The van der Waals surface area contributed by atoms with Crippen LogP contribution in [0.1, 0.15) is 29.8 Å². The van der Waals surface area contributed by atoms with Crippen LogP contribution in [0, 0.1) is 5.82 Å². The second-order valence-electron chi connectivity index (χ2n) is 8.27. The predicted molar refractivity (Wildman–Crippen MR) is 125 cm³/mol. The molecule has 0 aliphatic carbocycles. The van der Waals surface area contributed by atoms with E-state index in [1.54, 1.807) is 42.6 Å². The lowest BCUT2D eigenvalue weighted by Crippen LogP contribution is -2.46. The minimum absolute atomic E-state index is 0.186. The van der Waals surface area contributed by atoms with Crippen molar-refractivity contribution in [3.05, 3.63) is 83.8 Å². The summed E-state index contributed by atoms with van der Waals surface area (Å²) < 4.78 is 25.4. The third kappa shape index (κ3) is 5.87. The molecule has 1 fully saturated rings. The first kappa shape index (κ1) is 22.7. The van der Waals surface area contributed by atoms with Crippen LogP contribution in [0.3, 0.4) is 0 Å². The van der Waals surface area contributed by atoms with E-state index in [0.717, 1.165) is 31.7 Å². The van der Waals surface area contributed by atoms with Crippen molar-refractivity contribution in [1.29, 1.82) is 0 Å². The maximum Gasteiger partial charge on any atom is 0.342 e. The first-order valence-corrected chi connectivity index (χ1v) is 11.1. The minimum atomic E-state index is -0.386. The molecule has 2 heterocycles. The van der Waals surface area contributed by atoms with E-state index < -0.39 is 0 Å². The zero-order valence-electron chi connectivity index (χ0n) is 18.9. The number of piperazine rings is 1. The average molecular weight is 450 g/mol. The van der Waals surface area contributed by atoms with Crippen LogP contribution < -0.4 is 9.64 Å². The maximum absolute atomic E-state index is 14.3. The third-order valence-corrected chi connectivity index (χ3v) is 5.39. The topological polar surface area (TPSA) is 54.9 Å². The van der Waals surface area contributed by atoms with Crippen LogP contribution in [-0.2, 0) is 11.3 Å². The van der Waals surface area contributed by atoms with Gasteiger partial charge in [-0.15, -0.1) is 0 Å². The number of nitrogens with zero attached hydrogens (tertiary/aromatic N) is 3. The number of aromatic nitrogens is 1. The Morgan fingerprint density at radius 3 is 2.52 bits per heavy atom. The monoisotopic (exact) mass is 449 g/mol. The van der Waals surface area contributed by atoms with Crippen LogP contribution >= 0.6 is 0 Å². The molecule has 7 heteroatoms. The molecule has 3 aromatic rings. The fourth-order valence-corrected chi connectivity index (χ4v) is 3.80. The van der Waals surface area contributed by atoms with Crippen LogP contribution in [0.4, 0.5) is 10.2 Å².